The lowest BCUT2D eigenvalue weighted by molar-refractivity contribution is -0.203. The molecule has 0 aromatic carbocycles. The lowest BCUT2D eigenvalue weighted by Crippen LogP contribution is -2.36. The van der Waals surface area contributed by atoms with Gasteiger partial charge in [-0.15, -0.1) is 5.06 Å². The number of amides is 2. The van der Waals surface area contributed by atoms with Gasteiger partial charge in [-0.25, -0.2) is 4.79 Å². The minimum absolute atomic E-state index is 0.0570. The van der Waals surface area contributed by atoms with Crippen LogP contribution >= 0.6 is 0 Å². The summed E-state index contributed by atoms with van der Waals surface area (Å²) in [6.07, 6.45) is 22.3. The summed E-state index contributed by atoms with van der Waals surface area (Å²) in [5.74, 6) is -1.96. The Morgan fingerprint density at radius 2 is 1.06 bits per heavy atom. The Kier molecular flexibility index (Phi) is 17.1. The van der Waals surface area contributed by atoms with Crippen molar-refractivity contribution < 1.29 is 24.3 Å². The minimum atomic E-state index is -1.28. The van der Waals surface area contributed by atoms with Crippen molar-refractivity contribution in [3.63, 3.8) is 0 Å². The molecule has 0 saturated carbocycles. The largest absolute Gasteiger partial charge is 0.381 e. The highest BCUT2D eigenvalue weighted by Gasteiger charge is 2.34. The van der Waals surface area contributed by atoms with Gasteiger partial charge in [0.15, 0.2) is 6.10 Å². The van der Waals surface area contributed by atoms with E-state index in [9.17, 15) is 19.5 Å². The molecule has 1 atom stereocenters. The second-order valence-corrected chi connectivity index (χ2v) is 9.31. The zero-order valence-electron chi connectivity index (χ0n) is 20.5. The number of rotatable bonds is 21. The Morgan fingerprint density at radius 3 is 1.44 bits per heavy atom. The summed E-state index contributed by atoms with van der Waals surface area (Å²) in [4.78, 5) is 39.4. The number of imide groups is 1. The van der Waals surface area contributed by atoms with E-state index in [0.29, 0.717) is 11.5 Å². The quantitative estimate of drug-likeness (QED) is 0.161. The molecule has 0 aromatic rings. The predicted molar refractivity (Wildman–Crippen MR) is 127 cm³/mol. The Bertz CT molecular complexity index is 506. The van der Waals surface area contributed by atoms with E-state index in [2.05, 4.69) is 6.92 Å². The van der Waals surface area contributed by atoms with Crippen molar-refractivity contribution >= 4 is 17.8 Å². The van der Waals surface area contributed by atoms with E-state index in [1.807, 2.05) is 0 Å². The zero-order chi connectivity index (χ0) is 23.4. The van der Waals surface area contributed by atoms with Gasteiger partial charge in [0.2, 0.25) is 0 Å². The van der Waals surface area contributed by atoms with Crippen LogP contribution in [-0.2, 0) is 19.2 Å². The lowest BCUT2D eigenvalue weighted by atomic mass is 10.0. The van der Waals surface area contributed by atoms with Gasteiger partial charge < -0.3 is 9.94 Å². The molecular formula is C26H47NO5. The second-order valence-electron chi connectivity index (χ2n) is 9.31. The van der Waals surface area contributed by atoms with Crippen molar-refractivity contribution in [3.8, 4) is 0 Å². The fraction of sp³-hybridized carbons (Fsp3) is 0.885. The Labute approximate surface area is 195 Å². The standard InChI is InChI=1S/C26H47NO5/c1-2-3-4-5-6-7-8-9-10-11-12-13-14-15-16-17-18-19-20-23(28)26(31)32-27-24(29)21-22-25(27)30/h23,28H,2-22H2,1H3. The third-order valence-electron chi connectivity index (χ3n) is 6.29. The summed E-state index contributed by atoms with van der Waals surface area (Å²) >= 11 is 0. The van der Waals surface area contributed by atoms with E-state index >= 15 is 0 Å². The van der Waals surface area contributed by atoms with Gasteiger partial charge in [-0.1, -0.05) is 122 Å². The molecular weight excluding hydrogens is 406 g/mol. The van der Waals surface area contributed by atoms with Crippen LogP contribution in [0.4, 0.5) is 0 Å². The predicted octanol–water partition coefficient (Wildman–Crippen LogP) is 6.39. The van der Waals surface area contributed by atoms with E-state index in [1.54, 1.807) is 0 Å². The number of hydroxylamine groups is 2. The molecule has 1 N–H and O–H groups in total. The highest BCUT2D eigenvalue weighted by molar-refractivity contribution is 6.01. The first-order valence-electron chi connectivity index (χ1n) is 13.3. The fourth-order valence-electron chi connectivity index (χ4n) is 4.17. The molecule has 1 unspecified atom stereocenters. The van der Waals surface area contributed by atoms with Gasteiger partial charge in [0.25, 0.3) is 11.8 Å². The molecule has 0 spiro atoms. The molecule has 6 heteroatoms. The molecule has 0 radical (unpaired) electrons. The number of unbranched alkanes of at least 4 members (excludes halogenated alkanes) is 17. The summed E-state index contributed by atoms with van der Waals surface area (Å²) in [5.41, 5.74) is 0. The van der Waals surface area contributed by atoms with E-state index in [1.165, 1.54) is 96.3 Å². The van der Waals surface area contributed by atoms with Gasteiger partial charge >= 0.3 is 5.97 Å². The average molecular weight is 454 g/mol. The Hall–Kier alpha value is -1.43. The summed E-state index contributed by atoms with van der Waals surface area (Å²) in [6.45, 7) is 2.27. The number of aliphatic hydroxyl groups excluding tert-OH is 1. The van der Waals surface area contributed by atoms with Crippen LogP contribution in [0.5, 0.6) is 0 Å². The zero-order valence-corrected chi connectivity index (χ0v) is 20.5. The van der Waals surface area contributed by atoms with E-state index < -0.39 is 23.9 Å². The summed E-state index contributed by atoms with van der Waals surface area (Å²) < 4.78 is 0. The number of hydrogen-bond donors (Lipinski definition) is 1. The van der Waals surface area contributed by atoms with Crippen LogP contribution in [0.1, 0.15) is 142 Å². The first-order valence-corrected chi connectivity index (χ1v) is 13.3. The van der Waals surface area contributed by atoms with Crippen LogP contribution < -0.4 is 0 Å². The van der Waals surface area contributed by atoms with Gasteiger partial charge in [-0.3, -0.25) is 9.59 Å². The van der Waals surface area contributed by atoms with Crippen LogP contribution in [-0.4, -0.2) is 34.1 Å². The smallest absolute Gasteiger partial charge is 0.361 e. The highest BCUT2D eigenvalue weighted by Crippen LogP contribution is 2.16. The maximum absolute atomic E-state index is 11.8. The molecule has 1 fully saturated rings. The van der Waals surface area contributed by atoms with Gasteiger partial charge in [0, 0.05) is 12.8 Å². The van der Waals surface area contributed by atoms with E-state index in [4.69, 9.17) is 4.84 Å². The second kappa shape index (κ2) is 19.1. The molecule has 1 saturated heterocycles. The molecule has 0 aromatic heterocycles. The molecule has 2 amide bonds. The highest BCUT2D eigenvalue weighted by atomic mass is 16.7. The van der Waals surface area contributed by atoms with Crippen molar-refractivity contribution in [1.82, 2.24) is 5.06 Å². The van der Waals surface area contributed by atoms with Gasteiger partial charge in [-0.2, -0.15) is 0 Å². The summed E-state index contributed by atoms with van der Waals surface area (Å²) in [7, 11) is 0. The molecule has 1 heterocycles. The molecule has 0 bridgehead atoms. The Balaban J connectivity index is 1.81. The molecule has 1 rings (SSSR count). The third kappa shape index (κ3) is 13.9. The van der Waals surface area contributed by atoms with E-state index in [-0.39, 0.29) is 12.8 Å². The average Bonchev–Trinajstić information content (AvgIpc) is 3.10. The molecule has 6 nitrogen and oxygen atoms in total. The van der Waals surface area contributed by atoms with Crippen molar-refractivity contribution in [2.75, 3.05) is 0 Å². The number of hydrogen-bond acceptors (Lipinski definition) is 5. The van der Waals surface area contributed by atoms with Crippen LogP contribution in [0.3, 0.4) is 0 Å². The molecule has 1 aliphatic rings. The first-order chi connectivity index (χ1) is 15.6. The fourth-order valence-corrected chi connectivity index (χ4v) is 4.17. The lowest BCUT2D eigenvalue weighted by Gasteiger charge is -2.15. The SMILES string of the molecule is CCCCCCCCCCCCCCCCCCCCC(O)C(=O)ON1C(=O)CCC1=O. The summed E-state index contributed by atoms with van der Waals surface area (Å²) in [6, 6.07) is 0. The number of carbonyl (C=O) groups excluding carboxylic acids is 3. The number of nitrogens with zero attached hydrogens (tertiary/aromatic N) is 1. The topological polar surface area (TPSA) is 83.9 Å². The third-order valence-corrected chi connectivity index (χ3v) is 6.29. The number of carbonyl (C=O) groups is 3. The summed E-state index contributed by atoms with van der Waals surface area (Å²) in [5, 5.41) is 10.3. The normalized spacial score (nSPS) is 14.9. The maximum Gasteiger partial charge on any atom is 0.361 e. The minimum Gasteiger partial charge on any atom is -0.381 e. The maximum atomic E-state index is 11.8. The molecule has 1 aliphatic heterocycles. The van der Waals surface area contributed by atoms with Crippen molar-refractivity contribution in [1.29, 1.82) is 0 Å². The Morgan fingerprint density at radius 1 is 0.719 bits per heavy atom. The number of aliphatic hydroxyl groups is 1. The van der Waals surface area contributed by atoms with Crippen molar-refractivity contribution in [2.45, 2.75) is 148 Å². The van der Waals surface area contributed by atoms with Crippen molar-refractivity contribution in [2.24, 2.45) is 0 Å². The van der Waals surface area contributed by atoms with Gasteiger partial charge in [0.1, 0.15) is 0 Å². The van der Waals surface area contributed by atoms with Crippen LogP contribution in [0.2, 0.25) is 0 Å². The first kappa shape index (κ1) is 28.6. The van der Waals surface area contributed by atoms with Gasteiger partial charge in [0.05, 0.1) is 0 Å². The molecule has 0 aliphatic carbocycles. The van der Waals surface area contributed by atoms with Gasteiger partial charge in [-0.05, 0) is 6.42 Å². The van der Waals surface area contributed by atoms with Crippen LogP contribution in [0.15, 0.2) is 0 Å². The molecule has 186 valence electrons. The van der Waals surface area contributed by atoms with Crippen molar-refractivity contribution in [3.05, 3.63) is 0 Å². The van der Waals surface area contributed by atoms with Crippen LogP contribution in [0.25, 0.3) is 0 Å². The molecule has 32 heavy (non-hydrogen) atoms. The monoisotopic (exact) mass is 453 g/mol. The van der Waals surface area contributed by atoms with Crippen LogP contribution in [0, 0.1) is 0 Å². The van der Waals surface area contributed by atoms with E-state index in [0.717, 1.165) is 19.3 Å².